The van der Waals surface area contributed by atoms with Crippen molar-refractivity contribution in [2.45, 2.75) is 19.9 Å². The van der Waals surface area contributed by atoms with Gasteiger partial charge in [-0.15, -0.1) is 0 Å². The van der Waals surface area contributed by atoms with Gasteiger partial charge in [0, 0.05) is 18.5 Å². The Balaban J connectivity index is 2.22. The number of aromatic nitrogens is 1. The van der Waals surface area contributed by atoms with E-state index in [1.807, 2.05) is 6.07 Å². The zero-order valence-corrected chi connectivity index (χ0v) is 11.2. The molecule has 0 aliphatic heterocycles. The third-order valence-electron chi connectivity index (χ3n) is 3.09. The van der Waals surface area contributed by atoms with E-state index in [9.17, 15) is 0 Å². The predicted molar refractivity (Wildman–Crippen MR) is 74.3 cm³/mol. The minimum absolute atomic E-state index is 0.154. The first kappa shape index (κ1) is 12.7. The lowest BCUT2D eigenvalue weighted by Gasteiger charge is -2.22. The summed E-state index contributed by atoms with van der Waals surface area (Å²) in [7, 11) is 1.73. The van der Waals surface area contributed by atoms with E-state index < -0.39 is 0 Å². The molecule has 1 aromatic carbocycles. The molecule has 0 saturated heterocycles. The second-order valence-corrected chi connectivity index (χ2v) is 4.50. The summed E-state index contributed by atoms with van der Waals surface area (Å²) in [6.45, 7) is 4.82. The summed E-state index contributed by atoms with van der Waals surface area (Å²) >= 11 is 0. The highest BCUT2D eigenvalue weighted by Crippen LogP contribution is 2.16. The molecule has 1 heterocycles. The van der Waals surface area contributed by atoms with Gasteiger partial charge in [-0.05, 0) is 31.5 Å². The van der Waals surface area contributed by atoms with Gasteiger partial charge in [0.25, 0.3) is 0 Å². The van der Waals surface area contributed by atoms with E-state index in [0.29, 0.717) is 6.61 Å². The normalized spacial score (nSPS) is 12.4. The van der Waals surface area contributed by atoms with Crippen LogP contribution in [-0.2, 0) is 4.74 Å². The highest BCUT2D eigenvalue weighted by Gasteiger charge is 2.12. The van der Waals surface area contributed by atoms with Crippen LogP contribution in [0.1, 0.15) is 23.0 Å². The van der Waals surface area contributed by atoms with Crippen LogP contribution >= 0.6 is 0 Å². The lowest BCUT2D eigenvalue weighted by atomic mass is 10.1. The zero-order valence-electron chi connectivity index (χ0n) is 11.2. The quantitative estimate of drug-likeness (QED) is 0.875. The molecular formula is C15H20N2O. The predicted octanol–water partition coefficient (Wildman–Crippen LogP) is 3.04. The summed E-state index contributed by atoms with van der Waals surface area (Å²) < 4.78 is 7.42. The molecule has 18 heavy (non-hydrogen) atoms. The highest BCUT2D eigenvalue weighted by atomic mass is 16.5. The molecule has 1 atom stereocenters. The van der Waals surface area contributed by atoms with E-state index in [4.69, 9.17) is 4.74 Å². The SMILES string of the molecule is COCC(Nn1c(C)ccc1C)c1ccccc1. The number of ether oxygens (including phenoxy) is 1. The lowest BCUT2D eigenvalue weighted by molar-refractivity contribution is 0.182. The van der Waals surface area contributed by atoms with Crippen LogP contribution in [-0.4, -0.2) is 18.4 Å². The van der Waals surface area contributed by atoms with Gasteiger partial charge in [0.2, 0.25) is 0 Å². The molecule has 0 spiro atoms. The number of aryl methyl sites for hydroxylation is 2. The fourth-order valence-electron chi connectivity index (χ4n) is 2.09. The van der Waals surface area contributed by atoms with Crippen LogP contribution in [0.5, 0.6) is 0 Å². The average Bonchev–Trinajstić information content (AvgIpc) is 2.71. The Hall–Kier alpha value is -1.74. The van der Waals surface area contributed by atoms with Crippen molar-refractivity contribution >= 4 is 0 Å². The first-order chi connectivity index (χ1) is 8.72. The Bertz CT molecular complexity index is 471. The summed E-state index contributed by atoms with van der Waals surface area (Å²) in [4.78, 5) is 0. The molecule has 0 bridgehead atoms. The van der Waals surface area contributed by atoms with Crippen molar-refractivity contribution in [3.8, 4) is 0 Å². The van der Waals surface area contributed by atoms with E-state index in [2.05, 4.69) is 60.3 Å². The highest BCUT2D eigenvalue weighted by molar-refractivity contribution is 5.23. The molecule has 3 nitrogen and oxygen atoms in total. The standard InChI is InChI=1S/C15H20N2O/c1-12-9-10-13(2)17(12)16-15(11-18-3)14-7-5-4-6-8-14/h4-10,15-16H,11H2,1-3H3. The maximum atomic E-state index is 5.31. The van der Waals surface area contributed by atoms with E-state index in [-0.39, 0.29) is 6.04 Å². The summed E-state index contributed by atoms with van der Waals surface area (Å²) in [6, 6.07) is 14.7. The Morgan fingerprint density at radius 3 is 2.22 bits per heavy atom. The molecule has 0 radical (unpaired) electrons. The van der Waals surface area contributed by atoms with Crippen LogP contribution in [0.4, 0.5) is 0 Å². The van der Waals surface area contributed by atoms with Crippen molar-refractivity contribution in [2.24, 2.45) is 0 Å². The van der Waals surface area contributed by atoms with Crippen LogP contribution in [0.3, 0.4) is 0 Å². The third kappa shape index (κ3) is 2.74. The fourth-order valence-corrected chi connectivity index (χ4v) is 2.09. The molecule has 0 aliphatic rings. The Morgan fingerprint density at radius 1 is 1.06 bits per heavy atom. The molecule has 96 valence electrons. The molecule has 0 fully saturated rings. The van der Waals surface area contributed by atoms with Crippen molar-refractivity contribution in [1.29, 1.82) is 0 Å². The summed E-state index contributed by atoms with van der Waals surface area (Å²) in [5.74, 6) is 0. The molecule has 2 aromatic rings. The van der Waals surface area contributed by atoms with Crippen LogP contribution in [0, 0.1) is 13.8 Å². The van der Waals surface area contributed by atoms with Gasteiger partial charge < -0.3 is 10.2 Å². The van der Waals surface area contributed by atoms with Gasteiger partial charge in [-0.25, -0.2) is 0 Å². The maximum absolute atomic E-state index is 5.31. The number of rotatable bonds is 5. The van der Waals surface area contributed by atoms with Crippen LogP contribution in [0.25, 0.3) is 0 Å². The van der Waals surface area contributed by atoms with Crippen molar-refractivity contribution in [2.75, 3.05) is 19.1 Å². The van der Waals surface area contributed by atoms with Crippen LogP contribution in [0.15, 0.2) is 42.5 Å². The van der Waals surface area contributed by atoms with E-state index in [0.717, 1.165) is 0 Å². The van der Waals surface area contributed by atoms with Gasteiger partial charge in [-0.2, -0.15) is 0 Å². The summed E-state index contributed by atoms with van der Waals surface area (Å²) in [5, 5.41) is 0. The first-order valence-corrected chi connectivity index (χ1v) is 6.17. The topological polar surface area (TPSA) is 26.2 Å². The number of hydrogen-bond donors (Lipinski definition) is 1. The monoisotopic (exact) mass is 244 g/mol. The molecular weight excluding hydrogens is 224 g/mol. The van der Waals surface area contributed by atoms with Crippen LogP contribution in [0.2, 0.25) is 0 Å². The smallest absolute Gasteiger partial charge is 0.0907 e. The summed E-state index contributed by atoms with van der Waals surface area (Å²) in [5.41, 5.74) is 7.13. The molecule has 1 unspecified atom stereocenters. The molecule has 3 heteroatoms. The Labute approximate surface area is 108 Å². The van der Waals surface area contributed by atoms with Crippen molar-refractivity contribution in [1.82, 2.24) is 4.68 Å². The summed E-state index contributed by atoms with van der Waals surface area (Å²) in [6.07, 6.45) is 0. The maximum Gasteiger partial charge on any atom is 0.0907 e. The number of nitrogens with zero attached hydrogens (tertiary/aromatic N) is 1. The lowest BCUT2D eigenvalue weighted by Crippen LogP contribution is -2.26. The van der Waals surface area contributed by atoms with Gasteiger partial charge in [-0.3, -0.25) is 4.68 Å². The molecule has 1 N–H and O–H groups in total. The van der Waals surface area contributed by atoms with Crippen molar-refractivity contribution < 1.29 is 4.74 Å². The third-order valence-corrected chi connectivity index (χ3v) is 3.09. The average molecular weight is 244 g/mol. The van der Waals surface area contributed by atoms with Gasteiger partial charge in [-0.1, -0.05) is 30.3 Å². The van der Waals surface area contributed by atoms with Crippen LogP contribution < -0.4 is 5.43 Å². The van der Waals surface area contributed by atoms with Gasteiger partial charge in [0.05, 0.1) is 12.6 Å². The molecule has 2 rings (SSSR count). The minimum Gasteiger partial charge on any atom is -0.382 e. The first-order valence-electron chi connectivity index (χ1n) is 6.17. The van der Waals surface area contributed by atoms with E-state index in [1.54, 1.807) is 7.11 Å². The molecule has 0 aliphatic carbocycles. The number of benzene rings is 1. The number of nitrogens with one attached hydrogen (secondary N) is 1. The van der Waals surface area contributed by atoms with Crippen molar-refractivity contribution in [3.63, 3.8) is 0 Å². The van der Waals surface area contributed by atoms with E-state index in [1.165, 1.54) is 17.0 Å². The molecule has 0 amide bonds. The Kier molecular flexibility index (Phi) is 4.05. The molecule has 0 saturated carbocycles. The number of hydrogen-bond acceptors (Lipinski definition) is 2. The molecule has 1 aromatic heterocycles. The Morgan fingerprint density at radius 2 is 1.67 bits per heavy atom. The fraction of sp³-hybridized carbons (Fsp3) is 0.333. The van der Waals surface area contributed by atoms with Gasteiger partial charge >= 0.3 is 0 Å². The minimum atomic E-state index is 0.154. The second-order valence-electron chi connectivity index (χ2n) is 4.50. The van der Waals surface area contributed by atoms with E-state index >= 15 is 0 Å². The van der Waals surface area contributed by atoms with Gasteiger partial charge in [0.15, 0.2) is 0 Å². The van der Waals surface area contributed by atoms with Gasteiger partial charge in [0.1, 0.15) is 0 Å². The largest absolute Gasteiger partial charge is 0.382 e. The van der Waals surface area contributed by atoms with Crippen molar-refractivity contribution in [3.05, 3.63) is 59.4 Å². The number of methoxy groups -OCH3 is 1. The zero-order chi connectivity index (χ0) is 13.0. The second kappa shape index (κ2) is 5.74.